The maximum atomic E-state index is 9.58. The van der Waals surface area contributed by atoms with E-state index in [0.717, 1.165) is 18.1 Å². The Balaban J connectivity index is 0.000000370. The van der Waals surface area contributed by atoms with Crippen LogP contribution in [0.25, 0.3) is 0 Å². The number of thioether (sulfide) groups is 1. The number of carbonyl (C=O) groups is 2. The predicted molar refractivity (Wildman–Crippen MR) is 71.0 cm³/mol. The van der Waals surface area contributed by atoms with E-state index in [1.165, 1.54) is 5.56 Å². The number of benzene rings is 1. The summed E-state index contributed by atoms with van der Waals surface area (Å²) in [6.45, 7) is 1.03. The van der Waals surface area contributed by atoms with E-state index in [4.69, 9.17) is 5.11 Å². The highest BCUT2D eigenvalue weighted by Gasteiger charge is 2.03. The third-order valence-corrected chi connectivity index (χ3v) is 3.15. The second-order valence-electron chi connectivity index (χ2n) is 3.80. The summed E-state index contributed by atoms with van der Waals surface area (Å²) in [6, 6.07) is 10.5. The van der Waals surface area contributed by atoms with Gasteiger partial charge in [0.15, 0.2) is 0 Å². The molecule has 0 saturated carbocycles. The van der Waals surface area contributed by atoms with E-state index in [1.54, 1.807) is 0 Å². The zero-order chi connectivity index (χ0) is 15.4. The molecular formula is C13H18NO5S-. The van der Waals surface area contributed by atoms with Gasteiger partial charge in [-0.05, 0) is 5.56 Å². The fourth-order valence-corrected chi connectivity index (χ4v) is 1.88. The average molecular weight is 300 g/mol. The van der Waals surface area contributed by atoms with Crippen LogP contribution in [0.1, 0.15) is 12.0 Å². The minimum Gasteiger partial charge on any atom is -0.550 e. The van der Waals surface area contributed by atoms with Crippen LogP contribution >= 0.6 is 11.8 Å². The smallest absolute Gasteiger partial charge is 0.0985 e. The predicted octanol–water partition coefficient (Wildman–Crippen LogP) is -2.60. The number of carboxylic acids is 2. The van der Waals surface area contributed by atoms with Gasteiger partial charge in [0.05, 0.1) is 18.6 Å². The molecule has 0 bridgehead atoms. The number of aliphatic hydroxyl groups excluding tert-OH is 1. The van der Waals surface area contributed by atoms with E-state index in [9.17, 15) is 19.8 Å². The van der Waals surface area contributed by atoms with Crippen LogP contribution in [0.5, 0.6) is 0 Å². The third kappa shape index (κ3) is 10.4. The summed E-state index contributed by atoms with van der Waals surface area (Å²) in [7, 11) is 0. The van der Waals surface area contributed by atoms with E-state index >= 15 is 0 Å². The van der Waals surface area contributed by atoms with E-state index < -0.39 is 24.5 Å². The Morgan fingerprint density at radius 2 is 1.85 bits per heavy atom. The zero-order valence-corrected chi connectivity index (χ0v) is 11.8. The molecule has 0 heterocycles. The SMILES string of the molecule is O=C([O-])CC(O)C(=O)[O-].[NH3+]CCSCc1ccccc1. The van der Waals surface area contributed by atoms with E-state index in [1.807, 2.05) is 11.8 Å². The molecule has 112 valence electrons. The Hall–Kier alpha value is -1.57. The van der Waals surface area contributed by atoms with Gasteiger partial charge in [-0.1, -0.05) is 30.3 Å². The Morgan fingerprint density at radius 3 is 2.25 bits per heavy atom. The lowest BCUT2D eigenvalue weighted by molar-refractivity contribution is -0.360. The standard InChI is InChI=1S/C9H13NS.C4H6O5/c10-6-7-11-8-9-4-2-1-3-5-9;5-2(4(8)9)1-3(6)7/h1-5H,6-8,10H2;2,5H,1H2,(H,6,7)(H,8,9)/p-1. The average Bonchev–Trinajstić information content (AvgIpc) is 2.40. The molecule has 0 fully saturated rings. The first-order valence-corrected chi connectivity index (χ1v) is 7.12. The van der Waals surface area contributed by atoms with Gasteiger partial charge in [0.1, 0.15) is 0 Å². The normalized spacial score (nSPS) is 11.1. The van der Waals surface area contributed by atoms with Crippen molar-refractivity contribution < 1.29 is 30.6 Å². The maximum Gasteiger partial charge on any atom is 0.0985 e. The lowest BCUT2D eigenvalue weighted by Crippen LogP contribution is -2.51. The molecule has 1 atom stereocenters. The van der Waals surface area contributed by atoms with E-state index in [-0.39, 0.29) is 0 Å². The van der Waals surface area contributed by atoms with Crippen molar-refractivity contribution in [1.82, 2.24) is 0 Å². The summed E-state index contributed by atoms with van der Waals surface area (Å²) in [5, 5.41) is 27.3. The monoisotopic (exact) mass is 300 g/mol. The minimum atomic E-state index is -1.96. The van der Waals surface area contributed by atoms with Gasteiger partial charge >= 0.3 is 0 Å². The van der Waals surface area contributed by atoms with E-state index in [0.29, 0.717) is 0 Å². The molecule has 0 aliphatic rings. The van der Waals surface area contributed by atoms with Crippen molar-refractivity contribution in [3.63, 3.8) is 0 Å². The van der Waals surface area contributed by atoms with Crippen LogP contribution in [0.2, 0.25) is 0 Å². The van der Waals surface area contributed by atoms with Gasteiger partial charge in [0, 0.05) is 23.9 Å². The van der Waals surface area contributed by atoms with Crippen LogP contribution in [0.4, 0.5) is 0 Å². The van der Waals surface area contributed by atoms with Crippen LogP contribution in [-0.4, -0.2) is 35.4 Å². The van der Waals surface area contributed by atoms with Crippen LogP contribution in [-0.2, 0) is 15.3 Å². The van der Waals surface area contributed by atoms with Crippen molar-refractivity contribution in [3.05, 3.63) is 35.9 Å². The highest BCUT2D eigenvalue weighted by Crippen LogP contribution is 2.09. The molecule has 1 rings (SSSR count). The van der Waals surface area contributed by atoms with Crippen molar-refractivity contribution in [1.29, 1.82) is 0 Å². The van der Waals surface area contributed by atoms with Crippen LogP contribution in [0.15, 0.2) is 30.3 Å². The molecule has 1 unspecified atom stereocenters. The summed E-state index contributed by atoms with van der Waals surface area (Å²) in [5.74, 6) is -1.14. The second-order valence-corrected chi connectivity index (χ2v) is 4.91. The number of hydrogen-bond donors (Lipinski definition) is 2. The van der Waals surface area contributed by atoms with Gasteiger partial charge in [-0.25, -0.2) is 0 Å². The number of aliphatic carboxylic acids is 2. The van der Waals surface area contributed by atoms with Gasteiger partial charge in [-0.3, -0.25) is 0 Å². The summed E-state index contributed by atoms with van der Waals surface area (Å²) in [5.41, 5.74) is 5.20. The number of hydrogen-bond acceptors (Lipinski definition) is 6. The van der Waals surface area contributed by atoms with Gasteiger partial charge in [0.25, 0.3) is 0 Å². The highest BCUT2D eigenvalue weighted by atomic mass is 32.2. The fourth-order valence-electron chi connectivity index (χ4n) is 1.11. The van der Waals surface area contributed by atoms with Crippen LogP contribution in [0, 0.1) is 0 Å². The molecular weight excluding hydrogens is 282 g/mol. The third-order valence-electron chi connectivity index (χ3n) is 2.03. The molecule has 1 aromatic rings. The van der Waals surface area contributed by atoms with Crippen molar-refractivity contribution >= 4 is 23.7 Å². The number of carboxylic acid groups (broad SMARTS) is 2. The Morgan fingerprint density at radius 1 is 1.25 bits per heavy atom. The summed E-state index contributed by atoms with van der Waals surface area (Å²) in [4.78, 5) is 19.1. The first kappa shape index (κ1) is 18.4. The molecule has 20 heavy (non-hydrogen) atoms. The van der Waals surface area contributed by atoms with Crippen molar-refractivity contribution in [2.45, 2.75) is 18.3 Å². The Bertz CT molecular complexity index is 399. The number of quaternary nitrogens is 1. The van der Waals surface area contributed by atoms with Gasteiger partial charge in [0.2, 0.25) is 0 Å². The fraction of sp³-hybridized carbons (Fsp3) is 0.385. The number of aliphatic hydroxyl groups is 1. The molecule has 6 nitrogen and oxygen atoms in total. The van der Waals surface area contributed by atoms with Gasteiger partial charge in [-0.15, -0.1) is 0 Å². The zero-order valence-electron chi connectivity index (χ0n) is 11.0. The summed E-state index contributed by atoms with van der Waals surface area (Å²) in [6.07, 6.45) is -2.89. The molecule has 1 aromatic carbocycles. The van der Waals surface area contributed by atoms with Crippen LogP contribution in [0.3, 0.4) is 0 Å². The quantitative estimate of drug-likeness (QED) is 0.531. The Kier molecular flexibility index (Phi) is 10.4. The molecule has 0 aromatic heterocycles. The minimum absolute atomic E-state index is 0.928. The number of rotatable bonds is 7. The van der Waals surface area contributed by atoms with Crippen molar-refractivity contribution in [2.24, 2.45) is 0 Å². The molecule has 4 N–H and O–H groups in total. The molecule has 0 radical (unpaired) electrons. The largest absolute Gasteiger partial charge is 0.550 e. The molecule has 0 amide bonds. The summed E-state index contributed by atoms with van der Waals surface area (Å²) >= 11 is 1.94. The lowest BCUT2D eigenvalue weighted by Gasteiger charge is -2.10. The van der Waals surface area contributed by atoms with Crippen LogP contribution < -0.4 is 15.9 Å². The van der Waals surface area contributed by atoms with Crippen molar-refractivity contribution in [3.8, 4) is 0 Å². The van der Waals surface area contributed by atoms with Crippen molar-refractivity contribution in [2.75, 3.05) is 12.3 Å². The molecule has 0 aliphatic heterocycles. The topological polar surface area (TPSA) is 128 Å². The second kappa shape index (κ2) is 11.3. The molecule has 0 saturated heterocycles. The maximum absolute atomic E-state index is 9.58. The highest BCUT2D eigenvalue weighted by molar-refractivity contribution is 7.98. The summed E-state index contributed by atoms with van der Waals surface area (Å²) < 4.78 is 0. The molecule has 0 aliphatic carbocycles. The van der Waals surface area contributed by atoms with E-state index in [2.05, 4.69) is 36.1 Å². The first-order valence-electron chi connectivity index (χ1n) is 5.97. The molecule has 0 spiro atoms. The Labute approximate surface area is 121 Å². The van der Waals surface area contributed by atoms with Gasteiger partial charge < -0.3 is 30.6 Å². The molecule has 7 heteroatoms. The lowest BCUT2D eigenvalue weighted by atomic mass is 10.2. The first-order chi connectivity index (χ1) is 9.47. The number of carbonyl (C=O) groups excluding carboxylic acids is 2. The van der Waals surface area contributed by atoms with Gasteiger partial charge in [-0.2, -0.15) is 11.8 Å².